The van der Waals surface area contributed by atoms with Crippen molar-refractivity contribution in [1.29, 1.82) is 0 Å². The average Bonchev–Trinajstić information content (AvgIpc) is 3.25. The Labute approximate surface area is 227 Å². The number of benzene rings is 2. The van der Waals surface area contributed by atoms with Crippen molar-refractivity contribution < 1.29 is 22.7 Å². The molecular weight excluding hydrogens is 503 g/mol. The van der Waals surface area contributed by atoms with Gasteiger partial charge in [-0.3, -0.25) is 4.79 Å². The van der Waals surface area contributed by atoms with Gasteiger partial charge in [0.1, 0.15) is 5.75 Å². The zero-order chi connectivity index (χ0) is 27.4. The lowest BCUT2D eigenvalue weighted by Gasteiger charge is -2.26. The van der Waals surface area contributed by atoms with Gasteiger partial charge in [0, 0.05) is 42.1 Å². The molecule has 2 aliphatic carbocycles. The Hall–Kier alpha value is -3.00. The zero-order valence-electron chi connectivity index (χ0n) is 22.3. The highest BCUT2D eigenvalue weighted by molar-refractivity contribution is 5.89. The van der Waals surface area contributed by atoms with Gasteiger partial charge in [0.15, 0.2) is 0 Å². The van der Waals surface area contributed by atoms with Gasteiger partial charge in [-0.15, -0.1) is 13.2 Å². The molecule has 2 fully saturated rings. The number of hydrogen-bond acceptors (Lipinski definition) is 3. The lowest BCUT2D eigenvalue weighted by atomic mass is 9.89. The predicted octanol–water partition coefficient (Wildman–Crippen LogP) is 7.11. The molecule has 1 heterocycles. The molecule has 8 heteroatoms. The molecule has 1 amide bonds. The zero-order valence-corrected chi connectivity index (χ0v) is 22.3. The van der Waals surface area contributed by atoms with Crippen LogP contribution in [0.25, 0.3) is 22.0 Å². The van der Waals surface area contributed by atoms with Crippen LogP contribution in [0.15, 0.2) is 48.7 Å². The summed E-state index contributed by atoms with van der Waals surface area (Å²) < 4.78 is 44.8. The fraction of sp³-hybridized carbons (Fsp3) is 0.516. The van der Waals surface area contributed by atoms with Gasteiger partial charge < -0.3 is 20.4 Å². The second kappa shape index (κ2) is 12.0. The highest BCUT2D eigenvalue weighted by atomic mass is 19.4. The van der Waals surface area contributed by atoms with Gasteiger partial charge in [-0.25, -0.2) is 0 Å². The third kappa shape index (κ3) is 7.35. The standard InChI is InChI=1S/C31H38F3N3O2/c32-31(33,34)39-27-8-4-7-22(17-27)23-9-15-29-28(18-23)24(20-37(29)19-21-5-2-1-3-6-21)10-16-30(38)36-26-13-11-25(35)12-14-26/h4,7-9,15,17-18,20-21,25-26H,1-3,5-6,10-14,16,19,35H2,(H,36,38). The largest absolute Gasteiger partial charge is 0.573 e. The third-order valence-corrected chi connectivity index (χ3v) is 8.30. The number of carbonyl (C=O) groups excluding carboxylic acids is 1. The number of nitrogens with two attached hydrogens (primary N) is 1. The molecule has 0 radical (unpaired) electrons. The Bertz CT molecular complexity index is 1270. The third-order valence-electron chi connectivity index (χ3n) is 8.30. The summed E-state index contributed by atoms with van der Waals surface area (Å²) in [5, 5.41) is 4.23. The number of nitrogens with zero attached hydrogens (tertiary/aromatic N) is 1. The van der Waals surface area contributed by atoms with Crippen molar-refractivity contribution in [3.8, 4) is 16.9 Å². The van der Waals surface area contributed by atoms with Crippen LogP contribution in [-0.2, 0) is 17.8 Å². The molecule has 5 nitrogen and oxygen atoms in total. The van der Waals surface area contributed by atoms with E-state index in [0.29, 0.717) is 24.3 Å². The lowest BCUT2D eigenvalue weighted by molar-refractivity contribution is -0.274. The fourth-order valence-electron chi connectivity index (χ4n) is 6.23. The van der Waals surface area contributed by atoms with Crippen LogP contribution in [0.3, 0.4) is 0 Å². The minimum absolute atomic E-state index is 0.0526. The van der Waals surface area contributed by atoms with Gasteiger partial charge in [-0.05, 0) is 91.8 Å². The van der Waals surface area contributed by atoms with Crippen molar-refractivity contribution in [2.45, 2.75) is 95.6 Å². The van der Waals surface area contributed by atoms with E-state index in [1.165, 1.54) is 44.2 Å². The number of nitrogens with one attached hydrogen (secondary N) is 1. The highest BCUT2D eigenvalue weighted by Crippen LogP contribution is 2.33. The Kier molecular flexibility index (Phi) is 8.50. The first-order chi connectivity index (χ1) is 18.7. The number of halogens is 3. The maximum atomic E-state index is 12.8. The molecule has 2 aromatic carbocycles. The Morgan fingerprint density at radius 3 is 2.46 bits per heavy atom. The minimum atomic E-state index is -4.74. The normalized spacial score (nSPS) is 20.7. The summed E-state index contributed by atoms with van der Waals surface area (Å²) in [7, 11) is 0. The second-order valence-electron chi connectivity index (χ2n) is 11.3. The topological polar surface area (TPSA) is 69.3 Å². The number of rotatable bonds is 8. The first kappa shape index (κ1) is 27.6. The Morgan fingerprint density at radius 1 is 0.974 bits per heavy atom. The summed E-state index contributed by atoms with van der Waals surface area (Å²) >= 11 is 0. The lowest BCUT2D eigenvalue weighted by Crippen LogP contribution is -2.40. The van der Waals surface area contributed by atoms with Crippen LogP contribution in [0.1, 0.15) is 69.8 Å². The summed E-state index contributed by atoms with van der Waals surface area (Å²) in [5.74, 6) is 0.450. The van der Waals surface area contributed by atoms with Crippen molar-refractivity contribution in [1.82, 2.24) is 9.88 Å². The van der Waals surface area contributed by atoms with Crippen LogP contribution < -0.4 is 15.8 Å². The maximum Gasteiger partial charge on any atom is 0.573 e. The molecule has 1 aromatic heterocycles. The van der Waals surface area contributed by atoms with Gasteiger partial charge in [0.2, 0.25) is 5.91 Å². The molecular formula is C31H38F3N3O2. The van der Waals surface area contributed by atoms with E-state index >= 15 is 0 Å². The number of alkyl halides is 3. The maximum absolute atomic E-state index is 12.8. The van der Waals surface area contributed by atoms with Crippen LogP contribution in [0.2, 0.25) is 0 Å². The molecule has 3 N–H and O–H groups in total. The predicted molar refractivity (Wildman–Crippen MR) is 147 cm³/mol. The quantitative estimate of drug-likeness (QED) is 0.319. The van der Waals surface area contributed by atoms with Gasteiger partial charge in [-0.2, -0.15) is 0 Å². The van der Waals surface area contributed by atoms with Crippen LogP contribution in [0.5, 0.6) is 5.75 Å². The number of carbonyl (C=O) groups is 1. The molecule has 2 saturated carbocycles. The monoisotopic (exact) mass is 541 g/mol. The van der Waals surface area contributed by atoms with E-state index in [0.717, 1.165) is 54.3 Å². The van der Waals surface area contributed by atoms with Crippen molar-refractivity contribution in [2.24, 2.45) is 11.7 Å². The summed E-state index contributed by atoms with van der Waals surface area (Å²) in [5.41, 5.74) is 9.66. The van der Waals surface area contributed by atoms with Gasteiger partial charge in [0.25, 0.3) is 0 Å². The molecule has 3 aromatic rings. The summed E-state index contributed by atoms with van der Waals surface area (Å²) in [4.78, 5) is 12.8. The summed E-state index contributed by atoms with van der Waals surface area (Å²) in [6.45, 7) is 0.944. The molecule has 0 saturated heterocycles. The number of hydrogen-bond donors (Lipinski definition) is 2. The first-order valence-electron chi connectivity index (χ1n) is 14.3. The molecule has 0 bridgehead atoms. The number of aromatic nitrogens is 1. The summed E-state index contributed by atoms with van der Waals surface area (Å²) in [6.07, 6.45) is 8.46. The van der Waals surface area contributed by atoms with Crippen molar-refractivity contribution >= 4 is 16.8 Å². The molecule has 0 spiro atoms. The van der Waals surface area contributed by atoms with Gasteiger partial charge in [-0.1, -0.05) is 37.5 Å². The van der Waals surface area contributed by atoms with Gasteiger partial charge in [0.05, 0.1) is 0 Å². The Morgan fingerprint density at radius 2 is 1.72 bits per heavy atom. The number of amides is 1. The van der Waals surface area contributed by atoms with E-state index in [1.807, 2.05) is 12.1 Å². The van der Waals surface area contributed by atoms with Crippen LogP contribution in [0.4, 0.5) is 13.2 Å². The molecule has 210 valence electrons. The van der Waals surface area contributed by atoms with Crippen LogP contribution >= 0.6 is 0 Å². The number of aryl methyl sites for hydroxylation is 1. The first-order valence-corrected chi connectivity index (χ1v) is 14.3. The SMILES string of the molecule is NC1CCC(NC(=O)CCc2cn(CC3CCCCC3)c3ccc(-c4cccc(OC(F)(F)F)c4)cc23)CC1. The van der Waals surface area contributed by atoms with E-state index in [2.05, 4.69) is 26.9 Å². The number of ether oxygens (including phenoxy) is 1. The van der Waals surface area contributed by atoms with Crippen LogP contribution in [-0.4, -0.2) is 28.9 Å². The molecule has 39 heavy (non-hydrogen) atoms. The minimum Gasteiger partial charge on any atom is -0.406 e. The van der Waals surface area contributed by atoms with E-state index < -0.39 is 6.36 Å². The average molecular weight is 542 g/mol. The van der Waals surface area contributed by atoms with Crippen LogP contribution in [0, 0.1) is 5.92 Å². The smallest absolute Gasteiger partial charge is 0.406 e. The van der Waals surface area contributed by atoms with Crippen molar-refractivity contribution in [2.75, 3.05) is 0 Å². The fourth-order valence-corrected chi connectivity index (χ4v) is 6.23. The Balaban J connectivity index is 1.38. The molecule has 0 unspecified atom stereocenters. The number of fused-ring (bicyclic) bond motifs is 1. The van der Waals surface area contributed by atoms with E-state index in [4.69, 9.17) is 5.73 Å². The molecule has 0 aliphatic heterocycles. The second-order valence-corrected chi connectivity index (χ2v) is 11.3. The summed E-state index contributed by atoms with van der Waals surface area (Å²) in [6, 6.07) is 12.6. The molecule has 2 aliphatic rings. The van der Waals surface area contributed by atoms with Gasteiger partial charge >= 0.3 is 6.36 Å². The molecule has 0 atom stereocenters. The van der Waals surface area contributed by atoms with E-state index in [-0.39, 0.29) is 23.7 Å². The highest BCUT2D eigenvalue weighted by Gasteiger charge is 2.31. The van der Waals surface area contributed by atoms with E-state index in [1.54, 1.807) is 12.1 Å². The molecule has 5 rings (SSSR count). The van der Waals surface area contributed by atoms with Crippen molar-refractivity contribution in [3.63, 3.8) is 0 Å². The van der Waals surface area contributed by atoms with Crippen molar-refractivity contribution in [3.05, 3.63) is 54.2 Å². The van der Waals surface area contributed by atoms with E-state index in [9.17, 15) is 18.0 Å².